The second-order valence-corrected chi connectivity index (χ2v) is 4.59. The van der Waals surface area contributed by atoms with Gasteiger partial charge in [0.25, 0.3) is 0 Å². The maximum absolute atomic E-state index is 5.63. The average molecular weight is 198 g/mol. The van der Waals surface area contributed by atoms with Crippen molar-refractivity contribution in [2.24, 2.45) is 5.92 Å². The fraction of sp³-hybridized carbons (Fsp3) is 1.00. The second kappa shape index (κ2) is 5.69. The third kappa shape index (κ3) is 3.23. The highest BCUT2D eigenvalue weighted by Gasteiger charge is 2.17. The molecule has 0 bridgehead atoms. The molecule has 1 saturated heterocycles. The number of hydroxylamine groups is 1. The molecule has 1 aliphatic carbocycles. The first-order valence-electron chi connectivity index (χ1n) is 6.04. The molecule has 82 valence electrons. The van der Waals surface area contributed by atoms with Gasteiger partial charge >= 0.3 is 0 Å². The molecule has 2 fully saturated rings. The van der Waals surface area contributed by atoms with E-state index in [9.17, 15) is 0 Å². The summed E-state index contributed by atoms with van der Waals surface area (Å²) < 4.78 is 0. The molecule has 0 aromatic heterocycles. The molecule has 2 aliphatic rings. The van der Waals surface area contributed by atoms with Gasteiger partial charge in [0.05, 0.1) is 6.10 Å². The molecule has 0 aromatic rings. The van der Waals surface area contributed by atoms with Gasteiger partial charge in [0, 0.05) is 6.54 Å². The van der Waals surface area contributed by atoms with Crippen molar-refractivity contribution in [1.29, 1.82) is 0 Å². The molecule has 0 aromatic carbocycles. The van der Waals surface area contributed by atoms with Crippen molar-refractivity contribution in [2.75, 3.05) is 19.6 Å². The molecule has 2 N–H and O–H groups in total. The van der Waals surface area contributed by atoms with Gasteiger partial charge in [-0.1, -0.05) is 12.8 Å². The van der Waals surface area contributed by atoms with Crippen molar-refractivity contribution in [3.05, 3.63) is 0 Å². The van der Waals surface area contributed by atoms with E-state index >= 15 is 0 Å². The van der Waals surface area contributed by atoms with Gasteiger partial charge in [-0.3, -0.25) is 4.84 Å². The van der Waals surface area contributed by atoms with Crippen LogP contribution in [0, 0.1) is 5.92 Å². The fourth-order valence-electron chi connectivity index (χ4n) is 2.39. The van der Waals surface area contributed by atoms with Crippen molar-refractivity contribution in [3.63, 3.8) is 0 Å². The number of hydrogen-bond acceptors (Lipinski definition) is 3. The predicted octanol–water partition coefficient (Wildman–Crippen LogP) is 1.45. The summed E-state index contributed by atoms with van der Waals surface area (Å²) in [5.41, 5.74) is 3.16. The Hall–Kier alpha value is -0.120. The molecule has 14 heavy (non-hydrogen) atoms. The van der Waals surface area contributed by atoms with Crippen LogP contribution in [0.3, 0.4) is 0 Å². The molecule has 1 saturated carbocycles. The van der Waals surface area contributed by atoms with E-state index in [0.29, 0.717) is 6.10 Å². The molecule has 2 rings (SSSR count). The first-order valence-corrected chi connectivity index (χ1v) is 6.04. The fourth-order valence-corrected chi connectivity index (χ4v) is 2.39. The zero-order chi connectivity index (χ0) is 9.64. The van der Waals surface area contributed by atoms with Gasteiger partial charge in [0.15, 0.2) is 0 Å². The number of piperidine rings is 1. The average Bonchev–Trinajstić information content (AvgIpc) is 2.72. The van der Waals surface area contributed by atoms with E-state index in [1.54, 1.807) is 0 Å². The summed E-state index contributed by atoms with van der Waals surface area (Å²) >= 11 is 0. The third-order valence-electron chi connectivity index (χ3n) is 3.32. The van der Waals surface area contributed by atoms with Gasteiger partial charge in [-0.25, -0.2) is 5.48 Å². The maximum atomic E-state index is 5.63. The van der Waals surface area contributed by atoms with Crippen LogP contribution in [-0.2, 0) is 4.84 Å². The molecule has 0 amide bonds. The minimum atomic E-state index is 0.492. The Kier molecular flexibility index (Phi) is 4.22. The summed E-state index contributed by atoms with van der Waals surface area (Å²) in [7, 11) is 0. The second-order valence-electron chi connectivity index (χ2n) is 4.59. The molecule has 1 atom stereocenters. The normalized spacial score (nSPS) is 29.6. The monoisotopic (exact) mass is 198 g/mol. The highest BCUT2D eigenvalue weighted by molar-refractivity contribution is 4.70. The molecule has 1 heterocycles. The van der Waals surface area contributed by atoms with E-state index in [0.717, 1.165) is 19.0 Å². The Balaban J connectivity index is 1.52. The predicted molar refractivity (Wildman–Crippen MR) is 56.9 cm³/mol. The van der Waals surface area contributed by atoms with Gasteiger partial charge in [-0.05, 0) is 44.7 Å². The number of hydrogen-bond donors (Lipinski definition) is 2. The van der Waals surface area contributed by atoms with Gasteiger partial charge in [0.1, 0.15) is 0 Å². The zero-order valence-corrected chi connectivity index (χ0v) is 8.93. The smallest absolute Gasteiger partial charge is 0.0790 e. The van der Waals surface area contributed by atoms with Crippen LogP contribution in [0.4, 0.5) is 0 Å². The van der Waals surface area contributed by atoms with Crippen LogP contribution in [0.1, 0.15) is 38.5 Å². The van der Waals surface area contributed by atoms with Crippen LogP contribution in [0.5, 0.6) is 0 Å². The summed E-state index contributed by atoms with van der Waals surface area (Å²) in [5.74, 6) is 0.769. The minimum Gasteiger partial charge on any atom is -0.316 e. The van der Waals surface area contributed by atoms with Crippen LogP contribution >= 0.6 is 0 Å². The Morgan fingerprint density at radius 1 is 1.14 bits per heavy atom. The quantitative estimate of drug-likeness (QED) is 0.671. The Labute approximate surface area is 86.5 Å². The zero-order valence-electron chi connectivity index (χ0n) is 8.93. The van der Waals surface area contributed by atoms with Gasteiger partial charge < -0.3 is 5.32 Å². The summed E-state index contributed by atoms with van der Waals surface area (Å²) in [5, 5.41) is 3.42. The highest BCUT2D eigenvalue weighted by Crippen LogP contribution is 2.20. The number of nitrogens with one attached hydrogen (secondary N) is 2. The molecular formula is C11H22N2O. The van der Waals surface area contributed by atoms with E-state index in [-0.39, 0.29) is 0 Å². The van der Waals surface area contributed by atoms with Crippen molar-refractivity contribution >= 4 is 0 Å². The van der Waals surface area contributed by atoms with E-state index < -0.39 is 0 Å². The molecule has 3 nitrogen and oxygen atoms in total. The molecule has 0 spiro atoms. The molecule has 1 unspecified atom stereocenters. The lowest BCUT2D eigenvalue weighted by atomic mass is 10.0. The van der Waals surface area contributed by atoms with E-state index in [4.69, 9.17) is 4.84 Å². The summed E-state index contributed by atoms with van der Waals surface area (Å²) in [6.07, 6.45) is 8.33. The minimum absolute atomic E-state index is 0.492. The lowest BCUT2D eigenvalue weighted by molar-refractivity contribution is -0.0278. The van der Waals surface area contributed by atoms with Crippen LogP contribution in [-0.4, -0.2) is 25.7 Å². The van der Waals surface area contributed by atoms with Crippen molar-refractivity contribution in [2.45, 2.75) is 44.6 Å². The molecule has 3 heteroatoms. The van der Waals surface area contributed by atoms with E-state index in [1.165, 1.54) is 45.1 Å². The van der Waals surface area contributed by atoms with E-state index in [1.807, 2.05) is 0 Å². The van der Waals surface area contributed by atoms with Crippen molar-refractivity contribution in [3.8, 4) is 0 Å². The van der Waals surface area contributed by atoms with Crippen molar-refractivity contribution < 1.29 is 4.84 Å². The van der Waals surface area contributed by atoms with Gasteiger partial charge in [-0.15, -0.1) is 0 Å². The molecular weight excluding hydrogens is 176 g/mol. The maximum Gasteiger partial charge on any atom is 0.0790 e. The standard InChI is InChI=1S/C11H22N2O/c1-2-6-11(5-1)14-13-9-10-4-3-7-12-8-10/h10-13H,1-9H2. The molecule has 1 aliphatic heterocycles. The molecule has 0 radical (unpaired) electrons. The SMILES string of the molecule is C1CNCC(CNOC2CCCC2)C1. The highest BCUT2D eigenvalue weighted by atomic mass is 16.7. The first-order chi connectivity index (χ1) is 6.95. The van der Waals surface area contributed by atoms with Crippen LogP contribution in [0.25, 0.3) is 0 Å². The van der Waals surface area contributed by atoms with Crippen LogP contribution in [0.15, 0.2) is 0 Å². The van der Waals surface area contributed by atoms with Crippen molar-refractivity contribution in [1.82, 2.24) is 10.8 Å². The van der Waals surface area contributed by atoms with Crippen LogP contribution in [0.2, 0.25) is 0 Å². The summed E-state index contributed by atoms with van der Waals surface area (Å²) in [6, 6.07) is 0. The van der Waals surface area contributed by atoms with Gasteiger partial charge in [0.2, 0.25) is 0 Å². The lowest BCUT2D eigenvalue weighted by Crippen LogP contribution is -2.37. The first kappa shape index (κ1) is 10.4. The largest absolute Gasteiger partial charge is 0.316 e. The lowest BCUT2D eigenvalue weighted by Gasteiger charge is -2.23. The third-order valence-corrected chi connectivity index (χ3v) is 3.32. The van der Waals surface area contributed by atoms with E-state index in [2.05, 4.69) is 10.8 Å². The topological polar surface area (TPSA) is 33.3 Å². The van der Waals surface area contributed by atoms with Gasteiger partial charge in [-0.2, -0.15) is 0 Å². The summed E-state index contributed by atoms with van der Waals surface area (Å²) in [4.78, 5) is 5.63. The number of rotatable bonds is 4. The summed E-state index contributed by atoms with van der Waals surface area (Å²) in [6.45, 7) is 3.37. The Morgan fingerprint density at radius 3 is 2.71 bits per heavy atom. The Bertz CT molecular complexity index is 151. The Morgan fingerprint density at radius 2 is 2.00 bits per heavy atom. The van der Waals surface area contributed by atoms with Crippen LogP contribution < -0.4 is 10.8 Å².